The lowest BCUT2D eigenvalue weighted by atomic mass is 10.1. The highest BCUT2D eigenvalue weighted by Gasteiger charge is 2.28. The Morgan fingerprint density at radius 2 is 2.10 bits per heavy atom. The third-order valence-electron chi connectivity index (χ3n) is 3.45. The predicted molar refractivity (Wildman–Crippen MR) is 75.7 cm³/mol. The summed E-state index contributed by atoms with van der Waals surface area (Å²) in [6.45, 7) is 3.39. The van der Waals surface area contributed by atoms with Gasteiger partial charge in [-0.1, -0.05) is 23.4 Å². The van der Waals surface area contributed by atoms with Crippen molar-refractivity contribution >= 4 is 10.0 Å². The average Bonchev–Trinajstić information content (AvgIpc) is 3.00. The van der Waals surface area contributed by atoms with E-state index < -0.39 is 10.0 Å². The Labute approximate surface area is 123 Å². The minimum absolute atomic E-state index is 0.109. The fourth-order valence-corrected chi connectivity index (χ4v) is 3.89. The molecule has 2 aromatic rings. The molecule has 1 unspecified atom stereocenters. The van der Waals surface area contributed by atoms with Gasteiger partial charge in [0.15, 0.2) is 5.76 Å². The predicted octanol–water partition coefficient (Wildman–Crippen LogP) is 1.57. The van der Waals surface area contributed by atoms with Crippen LogP contribution in [-0.2, 0) is 16.4 Å². The molecule has 7 heteroatoms. The number of para-hydroxylation sites is 1. The summed E-state index contributed by atoms with van der Waals surface area (Å²) in [5.74, 6) is 1.11. The van der Waals surface area contributed by atoms with E-state index in [2.05, 4.69) is 9.88 Å². The van der Waals surface area contributed by atoms with E-state index >= 15 is 0 Å². The molecule has 1 aliphatic heterocycles. The van der Waals surface area contributed by atoms with Gasteiger partial charge in [0, 0.05) is 13.0 Å². The molecule has 0 bridgehead atoms. The maximum Gasteiger partial charge on any atom is 0.246 e. The number of sulfonamides is 1. The van der Waals surface area contributed by atoms with Crippen LogP contribution >= 0.6 is 0 Å². The topological polar surface area (TPSA) is 81.4 Å². The van der Waals surface area contributed by atoms with E-state index in [0.29, 0.717) is 12.1 Å². The molecule has 1 aliphatic rings. The molecule has 112 valence electrons. The second kappa shape index (κ2) is 5.16. The van der Waals surface area contributed by atoms with Crippen LogP contribution in [0.15, 0.2) is 33.7 Å². The molecule has 6 nitrogen and oxygen atoms in total. The van der Waals surface area contributed by atoms with E-state index in [9.17, 15) is 8.42 Å². The molecule has 1 aromatic heterocycles. The number of nitrogens with zero attached hydrogens (tertiary/aromatic N) is 1. The normalized spacial score (nSPS) is 17.5. The summed E-state index contributed by atoms with van der Waals surface area (Å²) in [7, 11) is -3.64. The third-order valence-corrected chi connectivity index (χ3v) is 5.12. The average molecular weight is 308 g/mol. The van der Waals surface area contributed by atoms with Crippen LogP contribution in [0, 0.1) is 13.8 Å². The van der Waals surface area contributed by atoms with Gasteiger partial charge in [-0.2, -0.15) is 0 Å². The van der Waals surface area contributed by atoms with Gasteiger partial charge in [-0.15, -0.1) is 0 Å². The molecule has 1 aromatic carbocycles. The van der Waals surface area contributed by atoms with E-state index in [4.69, 9.17) is 9.26 Å². The lowest BCUT2D eigenvalue weighted by Gasteiger charge is -2.12. The summed E-state index contributed by atoms with van der Waals surface area (Å²) < 4.78 is 37.8. The summed E-state index contributed by atoms with van der Waals surface area (Å²) in [5, 5.41) is 3.67. The molecule has 0 saturated heterocycles. The number of ether oxygens (including phenoxy) is 1. The summed E-state index contributed by atoms with van der Waals surface area (Å²) >= 11 is 0. The zero-order valence-corrected chi connectivity index (χ0v) is 12.6. The van der Waals surface area contributed by atoms with E-state index in [1.165, 1.54) is 0 Å². The van der Waals surface area contributed by atoms with Crippen LogP contribution in [0.3, 0.4) is 0 Å². The summed E-state index contributed by atoms with van der Waals surface area (Å²) in [6, 6.07) is 7.71. The molecular weight excluding hydrogens is 292 g/mol. The van der Waals surface area contributed by atoms with E-state index in [0.717, 1.165) is 11.3 Å². The number of hydrogen-bond acceptors (Lipinski definition) is 5. The van der Waals surface area contributed by atoms with Gasteiger partial charge in [-0.3, -0.25) is 0 Å². The molecule has 0 saturated carbocycles. The van der Waals surface area contributed by atoms with Crippen molar-refractivity contribution in [3.8, 4) is 5.75 Å². The Morgan fingerprint density at radius 1 is 1.33 bits per heavy atom. The quantitative estimate of drug-likeness (QED) is 0.927. The van der Waals surface area contributed by atoms with Gasteiger partial charge in [0.25, 0.3) is 0 Å². The molecule has 21 heavy (non-hydrogen) atoms. The van der Waals surface area contributed by atoms with Gasteiger partial charge in [0.1, 0.15) is 22.4 Å². The highest BCUT2D eigenvalue weighted by atomic mass is 32.2. The Hall–Kier alpha value is -1.86. The van der Waals surface area contributed by atoms with Crippen molar-refractivity contribution in [2.24, 2.45) is 0 Å². The van der Waals surface area contributed by atoms with Gasteiger partial charge in [0.05, 0.1) is 0 Å². The van der Waals surface area contributed by atoms with Crippen molar-refractivity contribution in [1.82, 2.24) is 9.88 Å². The van der Waals surface area contributed by atoms with Gasteiger partial charge in [-0.05, 0) is 25.5 Å². The highest BCUT2D eigenvalue weighted by Crippen LogP contribution is 2.28. The van der Waals surface area contributed by atoms with Crippen LogP contribution in [0.2, 0.25) is 0 Å². The minimum atomic E-state index is -3.64. The Balaban J connectivity index is 1.69. The first-order chi connectivity index (χ1) is 9.97. The molecule has 0 aliphatic carbocycles. The van der Waals surface area contributed by atoms with Crippen molar-refractivity contribution in [3.63, 3.8) is 0 Å². The van der Waals surface area contributed by atoms with Crippen molar-refractivity contribution in [2.75, 3.05) is 6.54 Å². The number of hydrogen-bond donors (Lipinski definition) is 1. The van der Waals surface area contributed by atoms with Gasteiger partial charge in [-0.25, -0.2) is 13.1 Å². The number of aryl methyl sites for hydroxylation is 2. The zero-order chi connectivity index (χ0) is 15.0. The first-order valence-electron chi connectivity index (χ1n) is 6.64. The lowest BCUT2D eigenvalue weighted by Crippen LogP contribution is -2.34. The maximum atomic E-state index is 12.3. The maximum absolute atomic E-state index is 12.3. The van der Waals surface area contributed by atoms with E-state index in [1.54, 1.807) is 13.8 Å². The monoisotopic (exact) mass is 308 g/mol. The number of benzene rings is 1. The third kappa shape index (κ3) is 2.66. The zero-order valence-electron chi connectivity index (χ0n) is 11.8. The molecular formula is C14H16N2O4S. The molecule has 0 radical (unpaired) electrons. The molecule has 0 amide bonds. The molecule has 3 rings (SSSR count). The Kier molecular flexibility index (Phi) is 3.46. The van der Waals surface area contributed by atoms with Gasteiger partial charge in [0.2, 0.25) is 10.0 Å². The number of aromatic nitrogens is 1. The SMILES string of the molecule is Cc1noc(C)c1S(=O)(=O)NCC1Cc2ccccc2O1. The second-order valence-corrected chi connectivity index (χ2v) is 6.76. The van der Waals surface area contributed by atoms with E-state index in [1.807, 2.05) is 24.3 Å². The summed E-state index contributed by atoms with van der Waals surface area (Å²) in [6.07, 6.45) is 0.498. The Bertz CT molecular complexity index is 723. The smallest absolute Gasteiger partial charge is 0.246 e. The van der Waals surface area contributed by atoms with Crippen molar-refractivity contribution in [3.05, 3.63) is 41.3 Å². The molecule has 2 heterocycles. The molecule has 0 spiro atoms. The standard InChI is InChI=1S/C14H16N2O4S/c1-9-14(10(2)20-16-9)21(17,18)15-8-12-7-11-5-3-4-6-13(11)19-12/h3-6,12,15H,7-8H2,1-2H3. The van der Waals surface area contributed by atoms with E-state index in [-0.39, 0.29) is 23.3 Å². The lowest BCUT2D eigenvalue weighted by molar-refractivity contribution is 0.236. The van der Waals surface area contributed by atoms with Gasteiger partial charge < -0.3 is 9.26 Å². The van der Waals surface area contributed by atoms with Crippen LogP contribution in [-0.4, -0.2) is 26.2 Å². The molecule has 1 N–H and O–H groups in total. The molecule has 1 atom stereocenters. The fraction of sp³-hybridized carbons (Fsp3) is 0.357. The number of nitrogens with one attached hydrogen (secondary N) is 1. The summed E-state index contributed by atoms with van der Waals surface area (Å²) in [4.78, 5) is 0.109. The molecule has 0 fully saturated rings. The van der Waals surface area contributed by atoms with Crippen LogP contribution in [0.1, 0.15) is 17.0 Å². The van der Waals surface area contributed by atoms with Crippen LogP contribution < -0.4 is 9.46 Å². The number of rotatable bonds is 4. The first-order valence-corrected chi connectivity index (χ1v) is 8.13. The number of fused-ring (bicyclic) bond motifs is 1. The van der Waals surface area contributed by atoms with Crippen LogP contribution in [0.5, 0.6) is 5.75 Å². The van der Waals surface area contributed by atoms with Crippen molar-refractivity contribution < 1.29 is 17.7 Å². The van der Waals surface area contributed by atoms with Crippen molar-refractivity contribution in [2.45, 2.75) is 31.3 Å². The Morgan fingerprint density at radius 3 is 2.76 bits per heavy atom. The fourth-order valence-electron chi connectivity index (χ4n) is 2.50. The first kappa shape index (κ1) is 14.1. The van der Waals surface area contributed by atoms with Crippen molar-refractivity contribution in [1.29, 1.82) is 0 Å². The largest absolute Gasteiger partial charge is 0.488 e. The van der Waals surface area contributed by atoms with Gasteiger partial charge >= 0.3 is 0 Å². The highest BCUT2D eigenvalue weighted by molar-refractivity contribution is 7.89. The van der Waals surface area contributed by atoms with Crippen LogP contribution in [0.25, 0.3) is 0 Å². The van der Waals surface area contributed by atoms with Crippen LogP contribution in [0.4, 0.5) is 0 Å². The summed E-state index contributed by atoms with van der Waals surface area (Å²) in [5.41, 5.74) is 1.45. The minimum Gasteiger partial charge on any atom is -0.488 e. The second-order valence-electron chi connectivity index (χ2n) is 5.06.